The minimum absolute atomic E-state index is 0.115. The molecule has 0 spiro atoms. The zero-order valence-corrected chi connectivity index (χ0v) is 11.5. The van der Waals surface area contributed by atoms with E-state index in [-0.39, 0.29) is 5.91 Å². The minimum Gasteiger partial charge on any atom is -0.380 e. The van der Waals surface area contributed by atoms with E-state index in [4.69, 9.17) is 4.74 Å². The maximum atomic E-state index is 12.1. The van der Waals surface area contributed by atoms with Gasteiger partial charge < -0.3 is 15.0 Å². The number of anilines is 1. The molecule has 4 heteroatoms. The molecule has 0 radical (unpaired) electrons. The molecule has 104 valence electrons. The van der Waals surface area contributed by atoms with Gasteiger partial charge in [-0.05, 0) is 18.1 Å². The number of para-hydroxylation sites is 1. The summed E-state index contributed by atoms with van der Waals surface area (Å²) in [6, 6.07) is 8.05. The van der Waals surface area contributed by atoms with Crippen LogP contribution in [0.5, 0.6) is 0 Å². The van der Waals surface area contributed by atoms with Crippen molar-refractivity contribution in [3.63, 3.8) is 0 Å². The molecule has 1 aliphatic heterocycles. The monoisotopic (exact) mass is 262 g/mol. The summed E-state index contributed by atoms with van der Waals surface area (Å²) in [7, 11) is 0. The molecule has 1 aromatic rings. The van der Waals surface area contributed by atoms with Crippen LogP contribution in [0.25, 0.3) is 0 Å². The van der Waals surface area contributed by atoms with Crippen LogP contribution in [0, 0.1) is 0 Å². The number of fused-ring (bicyclic) bond motifs is 1. The highest BCUT2D eigenvalue weighted by atomic mass is 16.5. The molecule has 0 saturated heterocycles. The smallest absolute Gasteiger partial charge is 0.241 e. The first-order chi connectivity index (χ1) is 9.33. The van der Waals surface area contributed by atoms with Gasteiger partial charge in [0.05, 0.1) is 13.2 Å². The van der Waals surface area contributed by atoms with Crippen LogP contribution in [0.3, 0.4) is 0 Å². The summed E-state index contributed by atoms with van der Waals surface area (Å²) in [6.45, 7) is 5.28. The number of unbranched alkanes of at least 4 members (excludes halogenated alkanes) is 1. The van der Waals surface area contributed by atoms with E-state index in [1.807, 2.05) is 23.1 Å². The average molecular weight is 262 g/mol. The first-order valence-electron chi connectivity index (χ1n) is 6.99. The van der Waals surface area contributed by atoms with Crippen LogP contribution in [-0.4, -0.2) is 32.2 Å². The molecule has 1 aliphatic rings. The van der Waals surface area contributed by atoms with Crippen LogP contribution in [0.15, 0.2) is 24.3 Å². The van der Waals surface area contributed by atoms with E-state index in [0.717, 1.165) is 31.7 Å². The van der Waals surface area contributed by atoms with E-state index >= 15 is 0 Å². The molecule has 0 bridgehead atoms. The zero-order chi connectivity index (χ0) is 13.5. The topological polar surface area (TPSA) is 41.6 Å². The molecule has 2 rings (SSSR count). The molecule has 0 aliphatic carbocycles. The third-order valence-corrected chi connectivity index (χ3v) is 3.28. The normalized spacial score (nSPS) is 15.2. The number of carbonyl (C=O) groups excluding carboxylic acids is 1. The molecular weight excluding hydrogens is 240 g/mol. The second kappa shape index (κ2) is 7.26. The predicted octanol–water partition coefficient (Wildman–Crippen LogP) is 1.94. The summed E-state index contributed by atoms with van der Waals surface area (Å²) in [6.07, 6.45) is 2.21. The van der Waals surface area contributed by atoms with E-state index in [2.05, 4.69) is 18.3 Å². The number of nitrogens with zero attached hydrogens (tertiary/aromatic N) is 1. The first kappa shape index (κ1) is 14.0. The lowest BCUT2D eigenvalue weighted by Crippen LogP contribution is -2.37. The molecule has 1 aromatic carbocycles. The quantitative estimate of drug-likeness (QED) is 0.797. The number of nitrogens with one attached hydrogen (secondary N) is 1. The number of hydrogen-bond donors (Lipinski definition) is 1. The Kier molecular flexibility index (Phi) is 5.36. The van der Waals surface area contributed by atoms with Gasteiger partial charge in [-0.15, -0.1) is 0 Å². The predicted molar refractivity (Wildman–Crippen MR) is 76.2 cm³/mol. The lowest BCUT2D eigenvalue weighted by molar-refractivity contribution is -0.117. The van der Waals surface area contributed by atoms with Gasteiger partial charge in [0.25, 0.3) is 0 Å². The number of rotatable bonds is 6. The Bertz CT molecular complexity index is 420. The summed E-state index contributed by atoms with van der Waals surface area (Å²) in [5.41, 5.74) is 2.18. The van der Waals surface area contributed by atoms with Crippen molar-refractivity contribution in [2.75, 3.05) is 31.2 Å². The molecule has 1 N–H and O–H groups in total. The van der Waals surface area contributed by atoms with E-state index in [1.165, 1.54) is 5.56 Å². The fourth-order valence-electron chi connectivity index (χ4n) is 2.21. The summed E-state index contributed by atoms with van der Waals surface area (Å²) < 4.78 is 5.57. The van der Waals surface area contributed by atoms with E-state index in [1.54, 1.807) is 0 Å². The van der Waals surface area contributed by atoms with Crippen molar-refractivity contribution in [2.24, 2.45) is 0 Å². The van der Waals surface area contributed by atoms with Crippen molar-refractivity contribution in [1.29, 1.82) is 0 Å². The van der Waals surface area contributed by atoms with E-state index in [9.17, 15) is 4.79 Å². The van der Waals surface area contributed by atoms with Crippen LogP contribution in [-0.2, 0) is 16.1 Å². The Hall–Kier alpha value is -1.39. The average Bonchev–Trinajstić information content (AvgIpc) is 2.58. The number of amides is 1. The van der Waals surface area contributed by atoms with Crippen LogP contribution in [0.4, 0.5) is 5.69 Å². The summed E-state index contributed by atoms with van der Waals surface area (Å²) in [5, 5.41) is 3.16. The van der Waals surface area contributed by atoms with Crippen LogP contribution in [0.2, 0.25) is 0 Å². The highest BCUT2D eigenvalue weighted by Crippen LogP contribution is 2.22. The molecule has 1 amide bonds. The van der Waals surface area contributed by atoms with E-state index in [0.29, 0.717) is 19.7 Å². The molecule has 4 nitrogen and oxygen atoms in total. The van der Waals surface area contributed by atoms with Crippen LogP contribution < -0.4 is 10.2 Å². The maximum absolute atomic E-state index is 12.1. The van der Waals surface area contributed by atoms with Gasteiger partial charge in [0.15, 0.2) is 0 Å². The number of ether oxygens (including phenoxy) is 1. The van der Waals surface area contributed by atoms with Crippen molar-refractivity contribution in [3.8, 4) is 0 Å². The van der Waals surface area contributed by atoms with Crippen molar-refractivity contribution in [2.45, 2.75) is 26.3 Å². The largest absolute Gasteiger partial charge is 0.380 e. The summed E-state index contributed by atoms with van der Waals surface area (Å²) >= 11 is 0. The third kappa shape index (κ3) is 3.78. The second-order valence-electron chi connectivity index (χ2n) is 4.74. The van der Waals surface area contributed by atoms with Gasteiger partial charge in [0, 0.05) is 25.4 Å². The molecule has 1 heterocycles. The molecule has 0 saturated carbocycles. The maximum Gasteiger partial charge on any atom is 0.241 e. The van der Waals surface area contributed by atoms with Gasteiger partial charge in [-0.2, -0.15) is 0 Å². The highest BCUT2D eigenvalue weighted by molar-refractivity contribution is 5.96. The molecule has 0 fully saturated rings. The molecular formula is C15H22N2O2. The second-order valence-corrected chi connectivity index (χ2v) is 4.74. The standard InChI is InChI=1S/C15H22N2O2/c1-2-3-9-19-10-8-17-14-7-5-4-6-13(14)11-16-12-15(17)18/h4-7,16H,2-3,8-12H2,1H3. The molecule has 19 heavy (non-hydrogen) atoms. The molecule has 0 atom stereocenters. The Morgan fingerprint density at radius 3 is 2.95 bits per heavy atom. The number of benzene rings is 1. The lowest BCUT2D eigenvalue weighted by atomic mass is 10.1. The van der Waals surface area contributed by atoms with E-state index < -0.39 is 0 Å². The highest BCUT2D eigenvalue weighted by Gasteiger charge is 2.20. The Morgan fingerprint density at radius 1 is 1.26 bits per heavy atom. The number of carbonyl (C=O) groups is 1. The molecule has 0 aromatic heterocycles. The van der Waals surface area contributed by atoms with Gasteiger partial charge in [-0.25, -0.2) is 0 Å². The SMILES string of the molecule is CCCCOCCN1C(=O)CNCc2ccccc21. The Labute approximate surface area is 114 Å². The van der Waals surface area contributed by atoms with Gasteiger partial charge in [0.2, 0.25) is 5.91 Å². The van der Waals surface area contributed by atoms with Crippen LogP contribution in [0.1, 0.15) is 25.3 Å². The van der Waals surface area contributed by atoms with Gasteiger partial charge >= 0.3 is 0 Å². The van der Waals surface area contributed by atoms with Gasteiger partial charge in [-0.1, -0.05) is 31.5 Å². The fraction of sp³-hybridized carbons (Fsp3) is 0.533. The van der Waals surface area contributed by atoms with Gasteiger partial charge in [0.1, 0.15) is 0 Å². The van der Waals surface area contributed by atoms with Crippen molar-refractivity contribution in [3.05, 3.63) is 29.8 Å². The van der Waals surface area contributed by atoms with Crippen molar-refractivity contribution in [1.82, 2.24) is 5.32 Å². The van der Waals surface area contributed by atoms with Crippen molar-refractivity contribution >= 4 is 11.6 Å². The third-order valence-electron chi connectivity index (χ3n) is 3.28. The Balaban J connectivity index is 1.98. The van der Waals surface area contributed by atoms with Crippen LogP contribution >= 0.6 is 0 Å². The zero-order valence-electron chi connectivity index (χ0n) is 11.5. The first-order valence-corrected chi connectivity index (χ1v) is 6.99. The molecule has 0 unspecified atom stereocenters. The minimum atomic E-state index is 0.115. The fourth-order valence-corrected chi connectivity index (χ4v) is 2.21. The lowest BCUT2D eigenvalue weighted by Gasteiger charge is -2.22. The summed E-state index contributed by atoms with van der Waals surface area (Å²) in [5.74, 6) is 0.115. The van der Waals surface area contributed by atoms with Gasteiger partial charge in [-0.3, -0.25) is 4.79 Å². The number of hydrogen-bond acceptors (Lipinski definition) is 3. The van der Waals surface area contributed by atoms with Crippen molar-refractivity contribution < 1.29 is 9.53 Å². The summed E-state index contributed by atoms with van der Waals surface area (Å²) in [4.78, 5) is 13.9. The Morgan fingerprint density at radius 2 is 2.11 bits per heavy atom.